The summed E-state index contributed by atoms with van der Waals surface area (Å²) in [5.41, 5.74) is 2.05. The number of nitrogens with one attached hydrogen (secondary N) is 1. The molecule has 3 rings (SSSR count). The molecule has 1 heterocycles. The van der Waals surface area contributed by atoms with Gasteiger partial charge in [-0.3, -0.25) is 9.03 Å². The number of fused-ring (bicyclic) bond motifs is 1. The molecule has 1 aliphatic heterocycles. The van der Waals surface area contributed by atoms with Gasteiger partial charge in [-0.25, -0.2) is 4.39 Å². The van der Waals surface area contributed by atoms with Gasteiger partial charge in [-0.15, -0.1) is 0 Å². The van der Waals surface area contributed by atoms with Crippen LogP contribution in [0.15, 0.2) is 48.5 Å². The van der Waals surface area contributed by atoms with Gasteiger partial charge in [0.2, 0.25) is 0 Å². The fourth-order valence-electron chi connectivity index (χ4n) is 2.28. The molecule has 104 valence electrons. The minimum absolute atomic E-state index is 0.343. The third kappa shape index (κ3) is 2.34. The molecule has 0 bridgehead atoms. The highest BCUT2D eigenvalue weighted by Crippen LogP contribution is 2.30. The second-order valence-electron chi connectivity index (χ2n) is 4.56. The van der Waals surface area contributed by atoms with Crippen LogP contribution in [0.1, 0.15) is 5.56 Å². The molecule has 1 aliphatic rings. The van der Waals surface area contributed by atoms with E-state index in [9.17, 15) is 12.8 Å². The van der Waals surface area contributed by atoms with Crippen LogP contribution in [0, 0.1) is 5.82 Å². The van der Waals surface area contributed by atoms with Crippen LogP contribution < -0.4 is 9.03 Å². The summed E-state index contributed by atoms with van der Waals surface area (Å²) in [5, 5.41) is 0. The summed E-state index contributed by atoms with van der Waals surface area (Å²) in [6.07, 6.45) is 0.695. The average molecular weight is 292 g/mol. The van der Waals surface area contributed by atoms with E-state index < -0.39 is 16.0 Å². The van der Waals surface area contributed by atoms with Gasteiger partial charge in [0.1, 0.15) is 5.82 Å². The molecule has 2 aromatic carbocycles. The first-order valence-corrected chi connectivity index (χ1v) is 7.64. The average Bonchev–Trinajstić information content (AvgIpc) is 2.86. The van der Waals surface area contributed by atoms with Crippen LogP contribution >= 0.6 is 0 Å². The molecule has 0 amide bonds. The maximum Gasteiger partial charge on any atom is 0.323 e. The predicted molar refractivity (Wildman–Crippen MR) is 76.4 cm³/mol. The highest BCUT2D eigenvalue weighted by atomic mass is 32.2. The topological polar surface area (TPSA) is 49.4 Å². The van der Waals surface area contributed by atoms with Crippen LogP contribution in [0.3, 0.4) is 0 Å². The Morgan fingerprint density at radius 3 is 2.50 bits per heavy atom. The molecule has 0 fully saturated rings. The highest BCUT2D eigenvalue weighted by Gasteiger charge is 2.28. The van der Waals surface area contributed by atoms with E-state index in [0.717, 1.165) is 5.56 Å². The van der Waals surface area contributed by atoms with E-state index in [1.165, 1.54) is 28.6 Å². The smallest absolute Gasteiger partial charge is 0.267 e. The van der Waals surface area contributed by atoms with Crippen molar-refractivity contribution in [2.24, 2.45) is 0 Å². The van der Waals surface area contributed by atoms with E-state index in [1.807, 2.05) is 18.2 Å². The number of hydrogen-bond donors (Lipinski definition) is 1. The summed E-state index contributed by atoms with van der Waals surface area (Å²) in [6, 6.07) is 12.6. The van der Waals surface area contributed by atoms with Crippen molar-refractivity contribution in [3.05, 3.63) is 59.9 Å². The number of anilines is 2. The third-order valence-electron chi connectivity index (χ3n) is 3.23. The van der Waals surface area contributed by atoms with E-state index in [2.05, 4.69) is 4.72 Å². The predicted octanol–water partition coefficient (Wildman–Crippen LogP) is 2.55. The lowest BCUT2D eigenvalue weighted by Crippen LogP contribution is -2.34. The van der Waals surface area contributed by atoms with Crippen LogP contribution in [-0.2, 0) is 16.6 Å². The molecular weight excluding hydrogens is 279 g/mol. The SMILES string of the molecule is O=S(=O)(Nc1ccc(F)cc1)N1CCc2ccccc21. The van der Waals surface area contributed by atoms with Gasteiger partial charge in [-0.1, -0.05) is 18.2 Å². The summed E-state index contributed by atoms with van der Waals surface area (Å²) in [4.78, 5) is 0. The first kappa shape index (κ1) is 12.9. The standard InChI is InChI=1S/C14H13FN2O2S/c15-12-5-7-13(8-6-12)16-20(18,19)17-10-9-11-3-1-2-4-14(11)17/h1-8,16H,9-10H2. The molecule has 20 heavy (non-hydrogen) atoms. The van der Waals surface area contributed by atoms with E-state index in [0.29, 0.717) is 24.3 Å². The van der Waals surface area contributed by atoms with E-state index >= 15 is 0 Å². The van der Waals surface area contributed by atoms with Crippen molar-refractivity contribution in [2.45, 2.75) is 6.42 Å². The lowest BCUT2D eigenvalue weighted by atomic mass is 10.2. The van der Waals surface area contributed by atoms with Crippen molar-refractivity contribution in [3.63, 3.8) is 0 Å². The maximum atomic E-state index is 12.8. The van der Waals surface area contributed by atoms with Gasteiger partial charge >= 0.3 is 10.2 Å². The fraction of sp³-hybridized carbons (Fsp3) is 0.143. The number of para-hydroxylation sites is 1. The lowest BCUT2D eigenvalue weighted by molar-refractivity contribution is 0.597. The summed E-state index contributed by atoms with van der Waals surface area (Å²) in [5.74, 6) is -0.403. The number of hydrogen-bond acceptors (Lipinski definition) is 2. The molecule has 0 unspecified atom stereocenters. The zero-order valence-corrected chi connectivity index (χ0v) is 11.4. The van der Waals surface area contributed by atoms with E-state index in [-0.39, 0.29) is 0 Å². The van der Waals surface area contributed by atoms with Crippen molar-refractivity contribution >= 4 is 21.6 Å². The molecule has 2 aromatic rings. The van der Waals surface area contributed by atoms with Crippen LogP contribution in [-0.4, -0.2) is 15.0 Å². The summed E-state index contributed by atoms with van der Waals surface area (Å²) in [7, 11) is -3.68. The molecule has 0 saturated heterocycles. The molecule has 6 heteroatoms. The Hall–Kier alpha value is -2.08. The van der Waals surface area contributed by atoms with Gasteiger partial charge in [-0.2, -0.15) is 8.42 Å². The van der Waals surface area contributed by atoms with Crippen molar-refractivity contribution in [2.75, 3.05) is 15.6 Å². The van der Waals surface area contributed by atoms with Gasteiger partial charge in [-0.05, 0) is 42.3 Å². The number of rotatable bonds is 3. The Bertz CT molecular complexity index is 729. The van der Waals surface area contributed by atoms with Gasteiger partial charge in [0.25, 0.3) is 0 Å². The minimum atomic E-state index is -3.68. The largest absolute Gasteiger partial charge is 0.323 e. The fourth-order valence-corrected chi connectivity index (χ4v) is 3.59. The lowest BCUT2D eigenvalue weighted by Gasteiger charge is -2.20. The number of nitrogens with zero attached hydrogens (tertiary/aromatic N) is 1. The molecule has 0 atom stereocenters. The Balaban J connectivity index is 1.88. The minimum Gasteiger partial charge on any atom is -0.267 e. The van der Waals surface area contributed by atoms with Gasteiger partial charge in [0.05, 0.1) is 11.4 Å². The molecule has 1 N–H and O–H groups in total. The Morgan fingerprint density at radius 2 is 1.75 bits per heavy atom. The molecule has 0 radical (unpaired) electrons. The summed E-state index contributed by atoms with van der Waals surface area (Å²) < 4.78 is 41.4. The summed E-state index contributed by atoms with van der Waals surface area (Å²) in [6.45, 7) is 0.413. The molecule has 0 saturated carbocycles. The zero-order valence-electron chi connectivity index (χ0n) is 10.6. The maximum absolute atomic E-state index is 12.8. The van der Waals surface area contributed by atoms with Crippen molar-refractivity contribution < 1.29 is 12.8 Å². The van der Waals surface area contributed by atoms with Crippen molar-refractivity contribution in [3.8, 4) is 0 Å². The Morgan fingerprint density at radius 1 is 1.05 bits per heavy atom. The van der Waals surface area contributed by atoms with Gasteiger partial charge < -0.3 is 0 Å². The number of halogens is 1. The highest BCUT2D eigenvalue weighted by molar-refractivity contribution is 7.94. The molecule has 4 nitrogen and oxygen atoms in total. The summed E-state index contributed by atoms with van der Waals surface area (Å²) >= 11 is 0. The molecule has 0 aliphatic carbocycles. The first-order valence-electron chi connectivity index (χ1n) is 6.20. The molecule has 0 spiro atoms. The monoisotopic (exact) mass is 292 g/mol. The molecule has 0 aromatic heterocycles. The van der Waals surface area contributed by atoms with Crippen LogP contribution in [0.5, 0.6) is 0 Å². The molecular formula is C14H13FN2O2S. The van der Waals surface area contributed by atoms with E-state index in [4.69, 9.17) is 0 Å². The Labute approximate surface area is 117 Å². The number of benzene rings is 2. The van der Waals surface area contributed by atoms with Crippen molar-refractivity contribution in [1.82, 2.24) is 0 Å². The quantitative estimate of drug-likeness (QED) is 0.945. The van der Waals surface area contributed by atoms with Gasteiger partial charge in [0, 0.05) is 6.54 Å². The zero-order chi connectivity index (χ0) is 14.2. The van der Waals surface area contributed by atoms with Crippen LogP contribution in [0.2, 0.25) is 0 Å². The third-order valence-corrected chi connectivity index (χ3v) is 4.68. The van der Waals surface area contributed by atoms with E-state index in [1.54, 1.807) is 6.07 Å². The second-order valence-corrected chi connectivity index (χ2v) is 6.16. The second kappa shape index (κ2) is 4.79. The van der Waals surface area contributed by atoms with Gasteiger partial charge in [0.15, 0.2) is 0 Å². The van der Waals surface area contributed by atoms with Crippen LogP contribution in [0.4, 0.5) is 15.8 Å². The first-order chi connectivity index (χ1) is 9.56. The normalized spacial score (nSPS) is 14.2. The van der Waals surface area contributed by atoms with Crippen molar-refractivity contribution in [1.29, 1.82) is 0 Å². The Kier molecular flexibility index (Phi) is 3.10. The van der Waals surface area contributed by atoms with Crippen LogP contribution in [0.25, 0.3) is 0 Å².